The molecule has 0 saturated carbocycles. The van der Waals surface area contributed by atoms with Crippen molar-refractivity contribution in [3.8, 4) is 11.5 Å². The molecule has 1 aromatic rings. The quantitative estimate of drug-likeness (QED) is 0.856. The number of fused-ring (bicyclic) bond motifs is 1. The number of hydrogen-bond donors (Lipinski definition) is 2. The zero-order chi connectivity index (χ0) is 14.3. The van der Waals surface area contributed by atoms with Crippen molar-refractivity contribution in [1.82, 2.24) is 10.6 Å². The van der Waals surface area contributed by atoms with E-state index in [2.05, 4.69) is 17.2 Å². The summed E-state index contributed by atoms with van der Waals surface area (Å²) < 4.78 is 10.8. The van der Waals surface area contributed by atoms with Gasteiger partial charge in [0.15, 0.2) is 11.5 Å². The normalized spacial score (nSPS) is 24.1. The number of amides is 2. The number of ether oxygens (including phenoxy) is 2. The second-order valence-electron chi connectivity index (χ2n) is 4.77. The Labute approximate surface area is 115 Å². The Morgan fingerprint density at radius 1 is 1.40 bits per heavy atom. The topological polar surface area (TPSA) is 76.7 Å². The van der Waals surface area contributed by atoms with Crippen molar-refractivity contribution in [2.45, 2.75) is 13.0 Å². The number of para-hydroxylation sites is 1. The van der Waals surface area contributed by atoms with Crippen molar-refractivity contribution in [1.29, 1.82) is 0 Å². The molecule has 0 aliphatic carbocycles. The van der Waals surface area contributed by atoms with Gasteiger partial charge in [-0.15, -0.1) is 0 Å². The molecule has 1 aromatic carbocycles. The van der Waals surface area contributed by atoms with Crippen molar-refractivity contribution < 1.29 is 19.1 Å². The number of Topliss-reactive ketones (excluding diaryl/α,β-unsaturated/α-hetero) is 1. The Morgan fingerprint density at radius 3 is 2.95 bits per heavy atom. The molecule has 2 amide bonds. The molecule has 3 rings (SSSR count). The van der Waals surface area contributed by atoms with Crippen LogP contribution in [0.25, 0.3) is 0 Å². The van der Waals surface area contributed by atoms with Crippen LogP contribution in [0, 0.1) is 5.92 Å². The van der Waals surface area contributed by atoms with Crippen LogP contribution in [-0.2, 0) is 4.79 Å². The van der Waals surface area contributed by atoms with Crippen molar-refractivity contribution in [3.63, 3.8) is 0 Å². The Hall–Kier alpha value is -2.50. The lowest BCUT2D eigenvalue weighted by atomic mass is 9.86. The highest BCUT2D eigenvalue weighted by Crippen LogP contribution is 2.42. The van der Waals surface area contributed by atoms with Crippen LogP contribution in [0.15, 0.2) is 30.5 Å². The van der Waals surface area contributed by atoms with Gasteiger partial charge in [0, 0.05) is 11.3 Å². The van der Waals surface area contributed by atoms with Gasteiger partial charge in [-0.1, -0.05) is 18.7 Å². The molecule has 2 heterocycles. The van der Waals surface area contributed by atoms with Crippen LogP contribution >= 0.6 is 0 Å². The number of urea groups is 1. The third-order valence-electron chi connectivity index (χ3n) is 3.47. The third kappa shape index (κ3) is 1.89. The molecule has 2 N–H and O–H groups in total. The third-order valence-corrected chi connectivity index (χ3v) is 3.47. The molecule has 20 heavy (non-hydrogen) atoms. The fourth-order valence-electron chi connectivity index (χ4n) is 2.62. The minimum Gasteiger partial charge on any atom is -0.454 e. The maximum Gasteiger partial charge on any atom is 0.319 e. The van der Waals surface area contributed by atoms with Gasteiger partial charge in [-0.2, -0.15) is 0 Å². The van der Waals surface area contributed by atoms with Gasteiger partial charge in [-0.05, 0) is 13.0 Å². The zero-order valence-electron chi connectivity index (χ0n) is 10.9. The Bertz CT molecular complexity index is 611. The van der Waals surface area contributed by atoms with Gasteiger partial charge in [-0.25, -0.2) is 4.79 Å². The highest BCUT2D eigenvalue weighted by Gasteiger charge is 2.38. The minimum absolute atomic E-state index is 0.0796. The molecular formula is C14H14N2O4. The van der Waals surface area contributed by atoms with Crippen molar-refractivity contribution in [3.05, 3.63) is 36.0 Å². The first-order valence-electron chi connectivity index (χ1n) is 6.23. The molecule has 0 aromatic heterocycles. The monoisotopic (exact) mass is 274 g/mol. The van der Waals surface area contributed by atoms with Crippen LogP contribution in [0.2, 0.25) is 0 Å². The smallest absolute Gasteiger partial charge is 0.319 e. The van der Waals surface area contributed by atoms with E-state index in [1.54, 1.807) is 12.1 Å². The summed E-state index contributed by atoms with van der Waals surface area (Å²) in [4.78, 5) is 23.5. The molecule has 6 nitrogen and oxygen atoms in total. The first-order valence-corrected chi connectivity index (χ1v) is 6.23. The van der Waals surface area contributed by atoms with Gasteiger partial charge in [-0.3, -0.25) is 4.79 Å². The Morgan fingerprint density at radius 2 is 2.20 bits per heavy atom. The van der Waals surface area contributed by atoms with E-state index < -0.39 is 12.0 Å². The Kier molecular flexibility index (Phi) is 2.85. The number of carbonyl (C=O) groups is 2. The molecule has 0 bridgehead atoms. The first kappa shape index (κ1) is 12.5. The molecular weight excluding hydrogens is 260 g/mol. The molecule has 0 radical (unpaired) electrons. The predicted octanol–water partition coefficient (Wildman–Crippen LogP) is 1.49. The van der Waals surface area contributed by atoms with E-state index >= 15 is 0 Å². The van der Waals surface area contributed by atoms with Crippen LogP contribution in [-0.4, -0.2) is 18.6 Å². The molecule has 1 fully saturated rings. The average molecular weight is 274 g/mol. The number of nitrogens with one attached hydrogen (secondary N) is 2. The standard InChI is InChI=1S/C14H14N2O4/c1-7-11(8(2)17)12(16-14(18)15-7)9-4-3-5-10-13(9)20-6-19-10/h3-5,11-12H,1,6H2,2H3,(H2,15,16,18). The van der Waals surface area contributed by atoms with Crippen LogP contribution in [0.4, 0.5) is 4.79 Å². The second-order valence-corrected chi connectivity index (χ2v) is 4.77. The van der Waals surface area contributed by atoms with Gasteiger partial charge >= 0.3 is 6.03 Å². The summed E-state index contributed by atoms with van der Waals surface area (Å²) in [6.45, 7) is 5.38. The fraction of sp³-hybridized carbons (Fsp3) is 0.286. The molecule has 2 aliphatic rings. The van der Waals surface area contributed by atoms with Gasteiger partial charge in [0.05, 0.1) is 12.0 Å². The number of ketones is 1. The SMILES string of the molecule is C=C1NC(=O)NC(c2cccc3c2OCO3)C1C(C)=O. The summed E-state index contributed by atoms with van der Waals surface area (Å²) >= 11 is 0. The van der Waals surface area contributed by atoms with Gasteiger partial charge in [0.1, 0.15) is 5.78 Å². The van der Waals surface area contributed by atoms with Crippen molar-refractivity contribution >= 4 is 11.8 Å². The molecule has 2 atom stereocenters. The minimum atomic E-state index is -0.539. The van der Waals surface area contributed by atoms with Crippen LogP contribution in [0.5, 0.6) is 11.5 Å². The van der Waals surface area contributed by atoms with E-state index in [4.69, 9.17) is 9.47 Å². The molecule has 2 unspecified atom stereocenters. The van der Waals surface area contributed by atoms with E-state index in [0.717, 1.165) is 5.56 Å². The summed E-state index contributed by atoms with van der Waals surface area (Å²) in [5, 5.41) is 5.30. The predicted molar refractivity (Wildman–Crippen MR) is 70.3 cm³/mol. The van der Waals surface area contributed by atoms with E-state index in [-0.39, 0.29) is 18.6 Å². The summed E-state index contributed by atoms with van der Waals surface area (Å²) in [6, 6.07) is 4.51. The molecule has 104 valence electrons. The number of rotatable bonds is 2. The fourth-order valence-corrected chi connectivity index (χ4v) is 2.62. The second kappa shape index (κ2) is 4.56. The largest absolute Gasteiger partial charge is 0.454 e. The summed E-state index contributed by atoms with van der Waals surface area (Å²) in [7, 11) is 0. The van der Waals surface area contributed by atoms with Crippen molar-refractivity contribution in [2.75, 3.05) is 6.79 Å². The maximum absolute atomic E-state index is 11.9. The Balaban J connectivity index is 2.06. The number of benzene rings is 1. The average Bonchev–Trinajstić information content (AvgIpc) is 2.84. The maximum atomic E-state index is 11.9. The van der Waals surface area contributed by atoms with Gasteiger partial charge < -0.3 is 20.1 Å². The number of hydrogen-bond acceptors (Lipinski definition) is 4. The highest BCUT2D eigenvalue weighted by atomic mass is 16.7. The van der Waals surface area contributed by atoms with E-state index in [0.29, 0.717) is 17.2 Å². The zero-order valence-corrected chi connectivity index (χ0v) is 10.9. The summed E-state index contributed by atoms with van der Waals surface area (Å²) in [5.41, 5.74) is 1.11. The number of carbonyl (C=O) groups excluding carboxylic acids is 2. The van der Waals surface area contributed by atoms with Gasteiger partial charge in [0.2, 0.25) is 6.79 Å². The lowest BCUT2D eigenvalue weighted by Gasteiger charge is -2.33. The van der Waals surface area contributed by atoms with Crippen LogP contribution in [0.1, 0.15) is 18.5 Å². The molecule has 6 heteroatoms. The molecule has 2 aliphatic heterocycles. The van der Waals surface area contributed by atoms with Crippen LogP contribution < -0.4 is 20.1 Å². The lowest BCUT2D eigenvalue weighted by molar-refractivity contribution is -0.120. The summed E-state index contributed by atoms with van der Waals surface area (Å²) in [6.07, 6.45) is 0. The summed E-state index contributed by atoms with van der Waals surface area (Å²) in [5.74, 6) is 0.564. The van der Waals surface area contributed by atoms with Gasteiger partial charge in [0.25, 0.3) is 0 Å². The lowest BCUT2D eigenvalue weighted by Crippen LogP contribution is -2.50. The van der Waals surface area contributed by atoms with Crippen LogP contribution in [0.3, 0.4) is 0 Å². The van der Waals surface area contributed by atoms with E-state index in [9.17, 15) is 9.59 Å². The van der Waals surface area contributed by atoms with E-state index in [1.807, 2.05) is 6.07 Å². The van der Waals surface area contributed by atoms with E-state index in [1.165, 1.54) is 6.92 Å². The molecule has 1 saturated heterocycles. The van der Waals surface area contributed by atoms with Crippen molar-refractivity contribution in [2.24, 2.45) is 5.92 Å². The molecule has 0 spiro atoms. The highest BCUT2D eigenvalue weighted by molar-refractivity contribution is 5.88. The first-order chi connectivity index (χ1) is 9.58.